The SMILES string of the molecule is CCC1(CC)CCN(CCNCCC(C)C)C1. The van der Waals surface area contributed by atoms with Crippen LogP contribution >= 0.6 is 0 Å². The van der Waals surface area contributed by atoms with E-state index in [0.29, 0.717) is 5.41 Å². The molecule has 0 atom stereocenters. The smallest absolute Gasteiger partial charge is 0.0107 e. The molecule has 1 aliphatic heterocycles. The molecule has 0 aliphatic carbocycles. The zero-order valence-electron chi connectivity index (χ0n) is 12.4. The lowest BCUT2D eigenvalue weighted by molar-refractivity contribution is 0.240. The molecule has 1 aliphatic rings. The van der Waals surface area contributed by atoms with Crippen molar-refractivity contribution >= 4 is 0 Å². The molecule has 1 rings (SSSR count). The highest BCUT2D eigenvalue weighted by Crippen LogP contribution is 2.36. The lowest BCUT2D eigenvalue weighted by Gasteiger charge is -2.26. The summed E-state index contributed by atoms with van der Waals surface area (Å²) in [7, 11) is 0. The molecule has 102 valence electrons. The maximum atomic E-state index is 3.57. The fourth-order valence-corrected chi connectivity index (χ4v) is 2.80. The number of nitrogens with one attached hydrogen (secondary N) is 1. The summed E-state index contributed by atoms with van der Waals surface area (Å²) >= 11 is 0. The lowest BCUT2D eigenvalue weighted by atomic mass is 9.82. The van der Waals surface area contributed by atoms with Crippen LogP contribution in [0.3, 0.4) is 0 Å². The first-order valence-corrected chi connectivity index (χ1v) is 7.55. The van der Waals surface area contributed by atoms with Gasteiger partial charge in [-0.15, -0.1) is 0 Å². The minimum atomic E-state index is 0.637. The van der Waals surface area contributed by atoms with Gasteiger partial charge in [-0.2, -0.15) is 0 Å². The molecule has 1 heterocycles. The van der Waals surface area contributed by atoms with Gasteiger partial charge in [-0.05, 0) is 50.1 Å². The first-order chi connectivity index (χ1) is 8.12. The van der Waals surface area contributed by atoms with Crippen molar-refractivity contribution in [2.75, 3.05) is 32.7 Å². The van der Waals surface area contributed by atoms with E-state index in [9.17, 15) is 0 Å². The molecule has 0 unspecified atom stereocenters. The van der Waals surface area contributed by atoms with Gasteiger partial charge >= 0.3 is 0 Å². The number of likely N-dealkylation sites (tertiary alicyclic amines) is 1. The Morgan fingerprint density at radius 3 is 2.41 bits per heavy atom. The zero-order chi connectivity index (χ0) is 12.7. The summed E-state index contributed by atoms with van der Waals surface area (Å²) in [5.41, 5.74) is 0.637. The van der Waals surface area contributed by atoms with Crippen LogP contribution in [-0.2, 0) is 0 Å². The van der Waals surface area contributed by atoms with Gasteiger partial charge in [-0.25, -0.2) is 0 Å². The van der Waals surface area contributed by atoms with Crippen LogP contribution in [0.2, 0.25) is 0 Å². The predicted octanol–water partition coefficient (Wildman–Crippen LogP) is 3.13. The summed E-state index contributed by atoms with van der Waals surface area (Å²) in [5, 5.41) is 3.57. The third-order valence-corrected chi connectivity index (χ3v) is 4.52. The molecule has 0 spiro atoms. The van der Waals surface area contributed by atoms with Crippen molar-refractivity contribution in [1.29, 1.82) is 0 Å². The van der Waals surface area contributed by atoms with Crippen LogP contribution in [0.25, 0.3) is 0 Å². The van der Waals surface area contributed by atoms with Crippen LogP contribution in [0.1, 0.15) is 53.4 Å². The molecule has 0 bridgehead atoms. The van der Waals surface area contributed by atoms with Gasteiger partial charge in [-0.1, -0.05) is 27.7 Å². The average Bonchev–Trinajstić information content (AvgIpc) is 2.73. The van der Waals surface area contributed by atoms with E-state index < -0.39 is 0 Å². The standard InChI is InChI=1S/C15H32N2/c1-5-15(6-2)8-11-17(13-15)12-10-16-9-7-14(3)4/h14,16H,5-13H2,1-4H3. The van der Waals surface area contributed by atoms with Gasteiger partial charge in [0, 0.05) is 19.6 Å². The highest BCUT2D eigenvalue weighted by molar-refractivity contribution is 4.87. The molecule has 1 N–H and O–H groups in total. The Morgan fingerprint density at radius 1 is 1.18 bits per heavy atom. The molecule has 0 aromatic heterocycles. The Bertz CT molecular complexity index is 197. The second-order valence-electron chi connectivity index (χ2n) is 6.17. The van der Waals surface area contributed by atoms with Gasteiger partial charge in [0.2, 0.25) is 0 Å². The number of hydrogen-bond acceptors (Lipinski definition) is 2. The first-order valence-electron chi connectivity index (χ1n) is 7.55. The normalized spacial score (nSPS) is 20.3. The van der Waals surface area contributed by atoms with Crippen molar-refractivity contribution in [1.82, 2.24) is 10.2 Å². The summed E-state index contributed by atoms with van der Waals surface area (Å²) < 4.78 is 0. The van der Waals surface area contributed by atoms with Crippen LogP contribution in [0.4, 0.5) is 0 Å². The molecule has 17 heavy (non-hydrogen) atoms. The van der Waals surface area contributed by atoms with E-state index in [1.54, 1.807) is 0 Å². The van der Waals surface area contributed by atoms with Crippen molar-refractivity contribution < 1.29 is 0 Å². The van der Waals surface area contributed by atoms with E-state index >= 15 is 0 Å². The van der Waals surface area contributed by atoms with E-state index in [2.05, 4.69) is 37.9 Å². The minimum absolute atomic E-state index is 0.637. The van der Waals surface area contributed by atoms with E-state index in [1.807, 2.05) is 0 Å². The van der Waals surface area contributed by atoms with E-state index in [0.717, 1.165) is 12.5 Å². The third kappa shape index (κ3) is 4.97. The molecule has 0 radical (unpaired) electrons. The largest absolute Gasteiger partial charge is 0.315 e. The molecule has 1 saturated heterocycles. The van der Waals surface area contributed by atoms with E-state index in [-0.39, 0.29) is 0 Å². The number of hydrogen-bond donors (Lipinski definition) is 1. The molecular weight excluding hydrogens is 208 g/mol. The first kappa shape index (κ1) is 15.0. The Hall–Kier alpha value is -0.0800. The third-order valence-electron chi connectivity index (χ3n) is 4.52. The van der Waals surface area contributed by atoms with Crippen LogP contribution in [0.15, 0.2) is 0 Å². The predicted molar refractivity (Wildman–Crippen MR) is 76.4 cm³/mol. The molecule has 0 aromatic carbocycles. The summed E-state index contributed by atoms with van der Waals surface area (Å²) in [6.45, 7) is 15.5. The molecular formula is C15H32N2. The summed E-state index contributed by atoms with van der Waals surface area (Å²) in [6, 6.07) is 0. The molecule has 0 amide bonds. The summed E-state index contributed by atoms with van der Waals surface area (Å²) in [4.78, 5) is 2.65. The number of nitrogens with zero attached hydrogens (tertiary/aromatic N) is 1. The quantitative estimate of drug-likeness (QED) is 0.656. The Balaban J connectivity index is 2.10. The average molecular weight is 240 g/mol. The molecule has 0 saturated carbocycles. The van der Waals surface area contributed by atoms with Crippen molar-refractivity contribution in [2.45, 2.75) is 53.4 Å². The van der Waals surface area contributed by atoms with Gasteiger partial charge in [0.25, 0.3) is 0 Å². The van der Waals surface area contributed by atoms with Crippen molar-refractivity contribution in [3.63, 3.8) is 0 Å². The molecule has 2 heteroatoms. The van der Waals surface area contributed by atoms with E-state index in [1.165, 1.54) is 51.9 Å². The summed E-state index contributed by atoms with van der Waals surface area (Å²) in [5.74, 6) is 0.821. The van der Waals surface area contributed by atoms with Crippen LogP contribution in [0.5, 0.6) is 0 Å². The van der Waals surface area contributed by atoms with Gasteiger partial charge in [0.05, 0.1) is 0 Å². The van der Waals surface area contributed by atoms with Gasteiger partial charge in [0.1, 0.15) is 0 Å². The van der Waals surface area contributed by atoms with E-state index in [4.69, 9.17) is 0 Å². The zero-order valence-corrected chi connectivity index (χ0v) is 12.4. The maximum Gasteiger partial charge on any atom is 0.0107 e. The van der Waals surface area contributed by atoms with Crippen molar-refractivity contribution in [2.24, 2.45) is 11.3 Å². The molecule has 2 nitrogen and oxygen atoms in total. The monoisotopic (exact) mass is 240 g/mol. The fourth-order valence-electron chi connectivity index (χ4n) is 2.80. The molecule has 1 fully saturated rings. The highest BCUT2D eigenvalue weighted by atomic mass is 15.2. The Morgan fingerprint density at radius 2 is 1.88 bits per heavy atom. The maximum absolute atomic E-state index is 3.57. The Kier molecular flexibility index (Phi) is 6.50. The lowest BCUT2D eigenvalue weighted by Crippen LogP contribution is -2.33. The highest BCUT2D eigenvalue weighted by Gasteiger charge is 2.34. The molecule has 0 aromatic rings. The van der Waals surface area contributed by atoms with Crippen LogP contribution in [0, 0.1) is 11.3 Å². The topological polar surface area (TPSA) is 15.3 Å². The Labute approximate surface area is 108 Å². The van der Waals surface area contributed by atoms with Crippen LogP contribution < -0.4 is 5.32 Å². The summed E-state index contributed by atoms with van der Waals surface area (Å²) in [6.07, 6.45) is 5.40. The second-order valence-corrected chi connectivity index (χ2v) is 6.17. The van der Waals surface area contributed by atoms with Crippen LogP contribution in [-0.4, -0.2) is 37.6 Å². The van der Waals surface area contributed by atoms with Gasteiger partial charge < -0.3 is 10.2 Å². The fraction of sp³-hybridized carbons (Fsp3) is 1.00. The van der Waals surface area contributed by atoms with Crippen molar-refractivity contribution in [3.8, 4) is 0 Å². The number of rotatable bonds is 8. The minimum Gasteiger partial charge on any atom is -0.315 e. The van der Waals surface area contributed by atoms with Gasteiger partial charge in [0.15, 0.2) is 0 Å². The van der Waals surface area contributed by atoms with Gasteiger partial charge in [-0.3, -0.25) is 0 Å². The second kappa shape index (κ2) is 7.38. The van der Waals surface area contributed by atoms with Crippen molar-refractivity contribution in [3.05, 3.63) is 0 Å².